The van der Waals surface area contributed by atoms with Crippen LogP contribution in [0.25, 0.3) is 22.4 Å². The molecule has 0 saturated carbocycles. The van der Waals surface area contributed by atoms with Gasteiger partial charge in [-0.3, -0.25) is 4.79 Å². The first-order valence-electron chi connectivity index (χ1n) is 11.2. The maximum absolute atomic E-state index is 12.7. The molecule has 0 saturated heterocycles. The molecule has 1 aromatic heterocycles. The van der Waals surface area contributed by atoms with Gasteiger partial charge in [-0.1, -0.05) is 17.6 Å². The van der Waals surface area contributed by atoms with Crippen molar-refractivity contribution in [1.82, 2.24) is 5.16 Å². The summed E-state index contributed by atoms with van der Waals surface area (Å²) in [6.07, 6.45) is 3.67. The average Bonchev–Trinajstić information content (AvgIpc) is 3.37. The first-order valence-corrected chi connectivity index (χ1v) is 11.2. The number of nitrogens with zero attached hydrogens (tertiary/aromatic N) is 1. The second kappa shape index (κ2) is 12.1. The number of methoxy groups -OCH3 is 4. The van der Waals surface area contributed by atoms with Crippen molar-refractivity contribution in [1.29, 1.82) is 0 Å². The summed E-state index contributed by atoms with van der Waals surface area (Å²) < 4.78 is 27.1. The number of hydrogen-bond donors (Lipinski definition) is 3. The summed E-state index contributed by atoms with van der Waals surface area (Å²) in [5.41, 5.74) is 14.8. The fourth-order valence-electron chi connectivity index (χ4n) is 3.71. The zero-order chi connectivity index (χ0) is 25.4. The van der Waals surface area contributed by atoms with Crippen LogP contribution in [0.15, 0.2) is 41.1 Å². The van der Waals surface area contributed by atoms with E-state index in [9.17, 15) is 4.79 Å². The Hall–Kier alpha value is -3.76. The largest absolute Gasteiger partial charge is 0.495 e. The van der Waals surface area contributed by atoms with Gasteiger partial charge in [0, 0.05) is 11.1 Å². The van der Waals surface area contributed by atoms with Gasteiger partial charge in [0.15, 0.2) is 11.5 Å². The molecule has 0 spiro atoms. The maximum atomic E-state index is 12.7. The lowest BCUT2D eigenvalue weighted by Gasteiger charge is -2.16. The van der Waals surface area contributed by atoms with E-state index in [0.29, 0.717) is 58.5 Å². The van der Waals surface area contributed by atoms with Gasteiger partial charge in [-0.25, -0.2) is 0 Å². The second-order valence-electron chi connectivity index (χ2n) is 7.79. The topological polar surface area (TPSA) is 144 Å². The zero-order valence-electron chi connectivity index (χ0n) is 20.4. The van der Waals surface area contributed by atoms with Crippen LogP contribution in [0, 0.1) is 0 Å². The first kappa shape index (κ1) is 25.9. The van der Waals surface area contributed by atoms with E-state index in [-0.39, 0.29) is 5.91 Å². The van der Waals surface area contributed by atoms with Gasteiger partial charge in [-0.05, 0) is 49.2 Å². The lowest BCUT2D eigenvalue weighted by atomic mass is 10.00. The normalized spacial score (nSPS) is 11.6. The summed E-state index contributed by atoms with van der Waals surface area (Å²) in [5, 5.41) is 7.07. The van der Waals surface area contributed by atoms with E-state index in [4.69, 9.17) is 34.9 Å². The molecule has 1 atom stereocenters. The summed E-state index contributed by atoms with van der Waals surface area (Å²) in [7, 11) is 6.17. The van der Waals surface area contributed by atoms with E-state index in [1.165, 1.54) is 13.4 Å². The third-order valence-electron chi connectivity index (χ3n) is 5.58. The van der Waals surface area contributed by atoms with Gasteiger partial charge in [0.2, 0.25) is 11.7 Å². The summed E-state index contributed by atoms with van der Waals surface area (Å²) in [5.74, 6) is 1.65. The van der Waals surface area contributed by atoms with Gasteiger partial charge >= 0.3 is 0 Å². The number of carbonyl (C=O) groups excluding carboxylic acids is 1. The highest BCUT2D eigenvalue weighted by Gasteiger charge is 2.21. The molecule has 35 heavy (non-hydrogen) atoms. The van der Waals surface area contributed by atoms with Gasteiger partial charge in [-0.15, -0.1) is 0 Å². The molecule has 2 aromatic carbocycles. The number of ether oxygens (including phenoxy) is 4. The summed E-state index contributed by atoms with van der Waals surface area (Å²) in [6, 6.07) is 8.32. The molecule has 0 aliphatic carbocycles. The van der Waals surface area contributed by atoms with Crippen molar-refractivity contribution in [3.05, 3.63) is 36.6 Å². The Bertz CT molecular complexity index is 1120. The molecule has 0 bridgehead atoms. The van der Waals surface area contributed by atoms with Crippen molar-refractivity contribution in [3.8, 4) is 45.4 Å². The van der Waals surface area contributed by atoms with E-state index in [1.807, 2.05) is 6.07 Å². The number of hydrogen-bond acceptors (Lipinski definition) is 9. The van der Waals surface area contributed by atoms with Crippen LogP contribution in [-0.2, 0) is 4.79 Å². The number of benzene rings is 2. The molecule has 10 nitrogen and oxygen atoms in total. The average molecular weight is 485 g/mol. The van der Waals surface area contributed by atoms with Crippen LogP contribution in [0.2, 0.25) is 0 Å². The number of nitrogens with one attached hydrogen (secondary N) is 1. The van der Waals surface area contributed by atoms with Crippen LogP contribution in [0.3, 0.4) is 0 Å². The Morgan fingerprint density at radius 1 is 0.971 bits per heavy atom. The molecule has 5 N–H and O–H groups in total. The summed E-state index contributed by atoms with van der Waals surface area (Å²) >= 11 is 0. The predicted molar refractivity (Wildman–Crippen MR) is 133 cm³/mol. The Kier molecular flexibility index (Phi) is 8.93. The molecular weight excluding hydrogens is 452 g/mol. The van der Waals surface area contributed by atoms with Crippen molar-refractivity contribution >= 4 is 11.6 Å². The third kappa shape index (κ3) is 5.84. The van der Waals surface area contributed by atoms with E-state index in [1.54, 1.807) is 45.6 Å². The predicted octanol–water partition coefficient (Wildman–Crippen LogP) is 3.44. The van der Waals surface area contributed by atoms with Crippen molar-refractivity contribution in [2.45, 2.75) is 25.3 Å². The van der Waals surface area contributed by atoms with Crippen LogP contribution in [0.4, 0.5) is 5.69 Å². The fraction of sp³-hybridized carbons (Fsp3) is 0.360. The lowest BCUT2D eigenvalue weighted by molar-refractivity contribution is -0.117. The minimum absolute atomic E-state index is 0.298. The minimum Gasteiger partial charge on any atom is -0.495 e. The standard InChI is InChI=1S/C25H32N4O6/c1-31-20-9-8-15(11-19(20)28-25(30)18(27)7-5-6-10-26)17-14-35-29-23(17)16-12-21(32-2)24(34-4)22(13-16)33-3/h8-9,11-14,18H,5-7,10,26-27H2,1-4H3,(H,28,30). The van der Waals surface area contributed by atoms with Crippen LogP contribution in [-0.4, -0.2) is 52.1 Å². The van der Waals surface area contributed by atoms with Gasteiger partial charge in [0.05, 0.1) is 40.2 Å². The van der Waals surface area contributed by atoms with Crippen LogP contribution in [0.5, 0.6) is 23.0 Å². The van der Waals surface area contributed by atoms with Gasteiger partial charge in [-0.2, -0.15) is 0 Å². The second-order valence-corrected chi connectivity index (χ2v) is 7.79. The monoisotopic (exact) mass is 484 g/mol. The van der Waals surface area contributed by atoms with E-state index >= 15 is 0 Å². The SMILES string of the molecule is COc1ccc(-c2conc2-c2cc(OC)c(OC)c(OC)c2)cc1NC(=O)C(N)CCCCN. The quantitative estimate of drug-likeness (QED) is 0.329. The number of nitrogens with two attached hydrogens (primary N) is 2. The maximum Gasteiger partial charge on any atom is 0.241 e. The molecule has 0 aliphatic rings. The number of rotatable bonds is 12. The molecular formula is C25H32N4O6. The fourth-order valence-corrected chi connectivity index (χ4v) is 3.71. The number of carbonyl (C=O) groups is 1. The highest BCUT2D eigenvalue weighted by Crippen LogP contribution is 2.43. The van der Waals surface area contributed by atoms with Crippen molar-refractivity contribution in [2.24, 2.45) is 11.5 Å². The Balaban J connectivity index is 1.96. The molecule has 1 heterocycles. The van der Waals surface area contributed by atoms with Crippen molar-refractivity contribution in [3.63, 3.8) is 0 Å². The first-order chi connectivity index (χ1) is 17.0. The molecule has 0 radical (unpaired) electrons. The summed E-state index contributed by atoms with van der Waals surface area (Å²) in [6.45, 7) is 0.567. The molecule has 1 unspecified atom stereocenters. The molecule has 0 fully saturated rings. The third-order valence-corrected chi connectivity index (χ3v) is 5.58. The Morgan fingerprint density at radius 2 is 1.66 bits per heavy atom. The van der Waals surface area contributed by atoms with Gasteiger partial charge in [0.25, 0.3) is 0 Å². The lowest BCUT2D eigenvalue weighted by Crippen LogP contribution is -2.35. The van der Waals surface area contributed by atoms with Crippen LogP contribution in [0.1, 0.15) is 19.3 Å². The minimum atomic E-state index is -0.653. The van der Waals surface area contributed by atoms with Crippen molar-refractivity contribution in [2.75, 3.05) is 40.3 Å². The zero-order valence-corrected chi connectivity index (χ0v) is 20.4. The van der Waals surface area contributed by atoms with E-state index in [2.05, 4.69) is 10.5 Å². The van der Waals surface area contributed by atoms with Crippen LogP contribution < -0.4 is 35.7 Å². The Morgan fingerprint density at radius 3 is 2.26 bits per heavy atom. The molecule has 0 aliphatic heterocycles. The molecule has 3 rings (SSSR count). The van der Waals surface area contributed by atoms with Gasteiger partial charge in [0.1, 0.15) is 17.7 Å². The number of anilines is 1. The number of unbranched alkanes of at least 4 members (excludes halogenated alkanes) is 1. The molecule has 1 amide bonds. The van der Waals surface area contributed by atoms with Crippen LogP contribution >= 0.6 is 0 Å². The Labute approximate surface area is 204 Å². The number of amides is 1. The number of aromatic nitrogens is 1. The summed E-state index contributed by atoms with van der Waals surface area (Å²) in [4.78, 5) is 12.7. The molecule has 188 valence electrons. The van der Waals surface area contributed by atoms with E-state index < -0.39 is 6.04 Å². The smallest absolute Gasteiger partial charge is 0.241 e. The highest BCUT2D eigenvalue weighted by atomic mass is 16.5. The highest BCUT2D eigenvalue weighted by molar-refractivity contribution is 5.97. The molecule has 10 heteroatoms. The van der Waals surface area contributed by atoms with E-state index in [0.717, 1.165) is 18.4 Å². The van der Waals surface area contributed by atoms with Crippen molar-refractivity contribution < 1.29 is 28.3 Å². The molecule has 3 aromatic rings. The van der Waals surface area contributed by atoms with Gasteiger partial charge < -0.3 is 40.3 Å².